The largest absolute Gasteiger partial charge is 0.478 e. The zero-order valence-corrected chi connectivity index (χ0v) is 8.18. The van der Waals surface area contributed by atoms with Gasteiger partial charge in [0.15, 0.2) is 0 Å². The van der Waals surface area contributed by atoms with E-state index in [2.05, 4.69) is 5.32 Å². The fourth-order valence-electron chi connectivity index (χ4n) is 1.23. The standard InChI is InChI=1S/C10H14N2O3/c11-6-7-12-10(15,9(13)14)8-4-2-1-3-5-8/h1-5,12,15H,6-7,11H2,(H,13,14). The number of carboxylic acids is 1. The van der Waals surface area contributed by atoms with Crippen molar-refractivity contribution < 1.29 is 15.0 Å². The first-order chi connectivity index (χ1) is 7.11. The maximum absolute atomic E-state index is 11.0. The molecule has 0 radical (unpaired) electrons. The van der Waals surface area contributed by atoms with Gasteiger partial charge in [-0.3, -0.25) is 5.32 Å². The van der Waals surface area contributed by atoms with Crippen LogP contribution in [0.1, 0.15) is 5.56 Å². The van der Waals surface area contributed by atoms with Crippen molar-refractivity contribution in [2.75, 3.05) is 13.1 Å². The molecule has 0 amide bonds. The Hall–Kier alpha value is -1.43. The lowest BCUT2D eigenvalue weighted by molar-refractivity contribution is -0.163. The van der Waals surface area contributed by atoms with Crippen LogP contribution in [0.2, 0.25) is 0 Å². The van der Waals surface area contributed by atoms with Crippen molar-refractivity contribution in [2.24, 2.45) is 5.73 Å². The molecule has 0 aliphatic heterocycles. The number of nitrogens with two attached hydrogens (primary N) is 1. The van der Waals surface area contributed by atoms with Crippen molar-refractivity contribution in [1.29, 1.82) is 0 Å². The summed E-state index contributed by atoms with van der Waals surface area (Å²) in [7, 11) is 0. The van der Waals surface area contributed by atoms with E-state index in [-0.39, 0.29) is 18.7 Å². The highest BCUT2D eigenvalue weighted by molar-refractivity contribution is 5.78. The Morgan fingerprint density at radius 3 is 2.47 bits per heavy atom. The minimum absolute atomic E-state index is 0.220. The van der Waals surface area contributed by atoms with Crippen LogP contribution in [-0.2, 0) is 10.5 Å². The number of carbonyl (C=O) groups is 1. The molecule has 0 aromatic heterocycles. The lowest BCUT2D eigenvalue weighted by Gasteiger charge is -2.24. The highest BCUT2D eigenvalue weighted by atomic mass is 16.4. The second kappa shape index (κ2) is 4.88. The summed E-state index contributed by atoms with van der Waals surface area (Å²) in [6.07, 6.45) is 0. The van der Waals surface area contributed by atoms with Gasteiger partial charge in [0.1, 0.15) is 0 Å². The number of aliphatic hydroxyl groups is 1. The third-order valence-corrected chi connectivity index (χ3v) is 2.03. The average molecular weight is 210 g/mol. The van der Waals surface area contributed by atoms with Gasteiger partial charge in [0.25, 0.3) is 0 Å². The molecule has 0 saturated heterocycles. The molecule has 0 heterocycles. The maximum atomic E-state index is 11.0. The molecule has 1 aromatic carbocycles. The Kier molecular flexibility index (Phi) is 3.79. The summed E-state index contributed by atoms with van der Waals surface area (Å²) in [6.45, 7) is 0.472. The predicted octanol–water partition coefficient (Wildman–Crippen LogP) is -0.535. The van der Waals surface area contributed by atoms with E-state index in [0.717, 1.165) is 0 Å². The van der Waals surface area contributed by atoms with Crippen molar-refractivity contribution in [1.82, 2.24) is 5.32 Å². The molecule has 82 valence electrons. The Bertz CT molecular complexity index is 329. The van der Waals surface area contributed by atoms with E-state index in [1.165, 1.54) is 12.1 Å². The fraction of sp³-hybridized carbons (Fsp3) is 0.300. The average Bonchev–Trinajstić information content (AvgIpc) is 2.27. The Balaban J connectivity index is 2.96. The van der Waals surface area contributed by atoms with Crippen molar-refractivity contribution in [3.63, 3.8) is 0 Å². The smallest absolute Gasteiger partial charge is 0.356 e. The molecule has 5 heteroatoms. The van der Waals surface area contributed by atoms with E-state index in [1.54, 1.807) is 18.2 Å². The zero-order chi connectivity index (χ0) is 11.3. The van der Waals surface area contributed by atoms with Crippen LogP contribution in [0.4, 0.5) is 0 Å². The molecule has 1 rings (SSSR count). The molecule has 0 spiro atoms. The van der Waals surface area contributed by atoms with Crippen LogP contribution in [0.3, 0.4) is 0 Å². The van der Waals surface area contributed by atoms with Crippen LogP contribution in [0.5, 0.6) is 0 Å². The van der Waals surface area contributed by atoms with Crippen LogP contribution in [0.25, 0.3) is 0 Å². The molecule has 0 aliphatic carbocycles. The van der Waals surface area contributed by atoms with Gasteiger partial charge in [-0.1, -0.05) is 30.3 Å². The van der Waals surface area contributed by atoms with Gasteiger partial charge < -0.3 is 15.9 Å². The number of nitrogens with one attached hydrogen (secondary N) is 1. The third-order valence-electron chi connectivity index (χ3n) is 2.03. The molecule has 15 heavy (non-hydrogen) atoms. The summed E-state index contributed by atoms with van der Waals surface area (Å²) < 4.78 is 0. The summed E-state index contributed by atoms with van der Waals surface area (Å²) in [5.41, 5.74) is 3.46. The quantitative estimate of drug-likeness (QED) is 0.490. The molecule has 0 fully saturated rings. The Labute approximate surface area is 87.5 Å². The van der Waals surface area contributed by atoms with Gasteiger partial charge in [-0.05, 0) is 0 Å². The lowest BCUT2D eigenvalue weighted by Crippen LogP contribution is -2.50. The van der Waals surface area contributed by atoms with E-state index >= 15 is 0 Å². The van der Waals surface area contributed by atoms with E-state index in [1.807, 2.05) is 0 Å². The minimum atomic E-state index is -2.07. The topological polar surface area (TPSA) is 95.6 Å². The third kappa shape index (κ3) is 2.53. The van der Waals surface area contributed by atoms with Crippen LogP contribution in [0, 0.1) is 0 Å². The lowest BCUT2D eigenvalue weighted by atomic mass is 10.0. The number of rotatable bonds is 5. The minimum Gasteiger partial charge on any atom is -0.478 e. The molecule has 5 N–H and O–H groups in total. The molecule has 0 saturated carbocycles. The van der Waals surface area contributed by atoms with Crippen LogP contribution in [-0.4, -0.2) is 29.3 Å². The van der Waals surface area contributed by atoms with Crippen LogP contribution in [0.15, 0.2) is 30.3 Å². The van der Waals surface area contributed by atoms with Crippen molar-refractivity contribution in [3.8, 4) is 0 Å². The summed E-state index contributed by atoms with van der Waals surface area (Å²) in [5, 5.41) is 21.4. The Morgan fingerprint density at radius 1 is 1.40 bits per heavy atom. The SMILES string of the molecule is NCCNC(O)(C(=O)O)c1ccccc1. The summed E-state index contributed by atoms with van der Waals surface area (Å²) in [4.78, 5) is 11.0. The highest BCUT2D eigenvalue weighted by Gasteiger charge is 2.37. The van der Waals surface area contributed by atoms with E-state index < -0.39 is 11.7 Å². The summed E-state index contributed by atoms with van der Waals surface area (Å²) in [5.74, 6) is -1.35. The van der Waals surface area contributed by atoms with E-state index in [0.29, 0.717) is 0 Å². The van der Waals surface area contributed by atoms with Crippen LogP contribution >= 0.6 is 0 Å². The first kappa shape index (κ1) is 11.6. The predicted molar refractivity (Wildman–Crippen MR) is 55.0 cm³/mol. The normalized spacial score (nSPS) is 14.5. The van der Waals surface area contributed by atoms with Gasteiger partial charge in [-0.25, -0.2) is 4.79 Å². The molecule has 1 aromatic rings. The summed E-state index contributed by atoms with van der Waals surface area (Å²) >= 11 is 0. The van der Waals surface area contributed by atoms with Gasteiger partial charge in [0.05, 0.1) is 0 Å². The molecule has 0 bridgehead atoms. The second-order valence-electron chi connectivity index (χ2n) is 3.10. The maximum Gasteiger partial charge on any atom is 0.356 e. The number of aliphatic carboxylic acids is 1. The molecule has 1 atom stereocenters. The van der Waals surface area contributed by atoms with Crippen LogP contribution < -0.4 is 11.1 Å². The first-order valence-corrected chi connectivity index (χ1v) is 4.57. The number of hydrogen-bond acceptors (Lipinski definition) is 4. The second-order valence-corrected chi connectivity index (χ2v) is 3.10. The van der Waals surface area contributed by atoms with Gasteiger partial charge in [-0.15, -0.1) is 0 Å². The number of carboxylic acid groups (broad SMARTS) is 1. The fourth-order valence-corrected chi connectivity index (χ4v) is 1.23. The molecule has 0 aliphatic rings. The molecule has 5 nitrogen and oxygen atoms in total. The van der Waals surface area contributed by atoms with Crippen molar-refractivity contribution >= 4 is 5.97 Å². The monoisotopic (exact) mass is 210 g/mol. The van der Waals surface area contributed by atoms with E-state index in [9.17, 15) is 9.90 Å². The van der Waals surface area contributed by atoms with Gasteiger partial charge in [0.2, 0.25) is 5.72 Å². The van der Waals surface area contributed by atoms with Gasteiger partial charge in [-0.2, -0.15) is 0 Å². The van der Waals surface area contributed by atoms with Crippen molar-refractivity contribution in [3.05, 3.63) is 35.9 Å². The molecular formula is C10H14N2O3. The summed E-state index contributed by atoms with van der Waals surface area (Å²) in [6, 6.07) is 8.14. The van der Waals surface area contributed by atoms with Gasteiger partial charge >= 0.3 is 5.97 Å². The Morgan fingerprint density at radius 2 is 2.00 bits per heavy atom. The highest BCUT2D eigenvalue weighted by Crippen LogP contribution is 2.17. The van der Waals surface area contributed by atoms with E-state index in [4.69, 9.17) is 10.8 Å². The zero-order valence-electron chi connectivity index (χ0n) is 8.18. The number of hydrogen-bond donors (Lipinski definition) is 4. The van der Waals surface area contributed by atoms with Gasteiger partial charge in [0, 0.05) is 18.7 Å². The van der Waals surface area contributed by atoms with Crippen molar-refractivity contribution in [2.45, 2.75) is 5.72 Å². The molecular weight excluding hydrogens is 196 g/mol. The first-order valence-electron chi connectivity index (χ1n) is 4.57. The molecule has 1 unspecified atom stereocenters. The number of benzene rings is 1.